The van der Waals surface area contributed by atoms with Crippen molar-refractivity contribution < 1.29 is 29.0 Å². The van der Waals surface area contributed by atoms with Crippen molar-refractivity contribution in [3.8, 4) is 11.3 Å². The van der Waals surface area contributed by atoms with E-state index >= 15 is 0 Å². The fourth-order valence-corrected chi connectivity index (χ4v) is 4.17. The Bertz CT molecular complexity index is 1180. The molecule has 0 fully saturated rings. The predicted molar refractivity (Wildman–Crippen MR) is 130 cm³/mol. The first kappa shape index (κ1) is 26.2. The van der Waals surface area contributed by atoms with Crippen LogP contribution in [0.3, 0.4) is 0 Å². The van der Waals surface area contributed by atoms with Crippen molar-refractivity contribution in [1.29, 1.82) is 0 Å². The molecule has 3 rings (SSSR count). The molecule has 0 saturated carbocycles. The van der Waals surface area contributed by atoms with Crippen LogP contribution in [0.4, 0.5) is 0 Å². The van der Waals surface area contributed by atoms with E-state index in [9.17, 15) is 19.5 Å². The maximum atomic E-state index is 12.6. The van der Waals surface area contributed by atoms with Gasteiger partial charge in [-0.1, -0.05) is 53.5 Å². The van der Waals surface area contributed by atoms with Gasteiger partial charge in [-0.15, -0.1) is 0 Å². The number of nitrogens with zero attached hydrogens (tertiary/aromatic N) is 1. The number of halogens is 2. The number of carbonyl (C=O) groups excluding carboxylic acids is 1. The first-order valence-electron chi connectivity index (χ1n) is 10.8. The monoisotopic (exact) mass is 518 g/mol. The van der Waals surface area contributed by atoms with Gasteiger partial charge in [0.15, 0.2) is 12.2 Å². The largest absolute Gasteiger partial charge is 0.481 e. The number of rotatable bonds is 11. The van der Waals surface area contributed by atoms with Crippen molar-refractivity contribution in [1.82, 2.24) is 10.3 Å². The van der Waals surface area contributed by atoms with E-state index in [-0.39, 0.29) is 5.92 Å². The molecule has 0 aliphatic rings. The van der Waals surface area contributed by atoms with Gasteiger partial charge in [-0.25, -0.2) is 4.98 Å². The highest BCUT2D eigenvalue weighted by atomic mass is 35.5. The predicted octanol–water partition coefficient (Wildman–Crippen LogP) is 5.05. The second kappa shape index (κ2) is 11.9. The van der Waals surface area contributed by atoms with E-state index < -0.39 is 42.6 Å². The maximum Gasteiger partial charge on any atom is 0.307 e. The smallest absolute Gasteiger partial charge is 0.307 e. The molecule has 0 aliphatic carbocycles. The topological polar surface area (TPSA) is 130 Å². The van der Waals surface area contributed by atoms with Crippen molar-refractivity contribution >= 4 is 41.0 Å². The minimum atomic E-state index is -1.33. The third-order valence-corrected chi connectivity index (χ3v) is 6.43. The molecular formula is C25H24Cl2N2O6. The summed E-state index contributed by atoms with van der Waals surface area (Å²) in [6.45, 7) is 1.82. The van der Waals surface area contributed by atoms with Gasteiger partial charge in [-0.05, 0) is 36.6 Å². The molecule has 0 saturated heterocycles. The Kier molecular flexibility index (Phi) is 8.89. The maximum absolute atomic E-state index is 12.6. The number of hydrogen-bond acceptors (Lipinski definition) is 5. The minimum Gasteiger partial charge on any atom is -0.481 e. The molecule has 10 heteroatoms. The van der Waals surface area contributed by atoms with Crippen LogP contribution in [-0.2, 0) is 20.8 Å². The third kappa shape index (κ3) is 7.31. The molecule has 2 aromatic carbocycles. The molecule has 3 atom stereocenters. The van der Waals surface area contributed by atoms with Crippen LogP contribution >= 0.6 is 23.2 Å². The fourth-order valence-electron chi connectivity index (χ4n) is 3.85. The number of benzene rings is 2. The van der Waals surface area contributed by atoms with Gasteiger partial charge in [0.2, 0.25) is 5.91 Å². The standard InChI is InChI=1S/C25H24Cl2N2O6/c1-14(29-23(30)10-18(25(33)34)11-24(31)32)19(8-15-2-7-20(26)21(27)9-15)16-3-5-17(6-4-16)22-12-28-13-35-22/h2-7,9,12-14,18-19H,8,10-11H2,1H3,(H,29,30)(H,31,32)(H,33,34). The number of carbonyl (C=O) groups is 3. The summed E-state index contributed by atoms with van der Waals surface area (Å²) in [6.07, 6.45) is 2.41. The van der Waals surface area contributed by atoms with E-state index in [0.29, 0.717) is 22.2 Å². The van der Waals surface area contributed by atoms with Gasteiger partial charge in [0.1, 0.15) is 0 Å². The molecule has 1 heterocycles. The van der Waals surface area contributed by atoms with Gasteiger partial charge in [0.25, 0.3) is 0 Å². The summed E-state index contributed by atoms with van der Waals surface area (Å²) in [6, 6.07) is 12.5. The van der Waals surface area contributed by atoms with Crippen LogP contribution in [0.1, 0.15) is 36.8 Å². The Morgan fingerprint density at radius 3 is 2.31 bits per heavy atom. The van der Waals surface area contributed by atoms with E-state index in [2.05, 4.69) is 10.3 Å². The third-order valence-electron chi connectivity index (χ3n) is 5.69. The average Bonchev–Trinajstić information content (AvgIpc) is 3.34. The second-order valence-electron chi connectivity index (χ2n) is 8.24. The number of hydrogen-bond donors (Lipinski definition) is 3. The van der Waals surface area contributed by atoms with Crippen LogP contribution in [0.2, 0.25) is 10.0 Å². The van der Waals surface area contributed by atoms with Crippen LogP contribution in [0.25, 0.3) is 11.3 Å². The molecule has 184 valence electrons. The number of nitrogens with one attached hydrogen (secondary N) is 1. The quantitative estimate of drug-likeness (QED) is 0.323. The number of oxazole rings is 1. The lowest BCUT2D eigenvalue weighted by atomic mass is 9.86. The highest BCUT2D eigenvalue weighted by Crippen LogP contribution is 2.30. The summed E-state index contributed by atoms with van der Waals surface area (Å²) in [7, 11) is 0. The fraction of sp³-hybridized carbons (Fsp3) is 0.280. The molecule has 3 aromatic rings. The van der Waals surface area contributed by atoms with Gasteiger partial charge >= 0.3 is 11.9 Å². The number of aliphatic carboxylic acids is 2. The van der Waals surface area contributed by atoms with E-state index in [1.165, 1.54) is 6.39 Å². The molecule has 3 N–H and O–H groups in total. The Hall–Kier alpha value is -3.36. The van der Waals surface area contributed by atoms with E-state index in [0.717, 1.165) is 16.7 Å². The van der Waals surface area contributed by atoms with Gasteiger partial charge in [0.05, 0.1) is 28.6 Å². The molecular weight excluding hydrogens is 495 g/mol. The zero-order valence-corrected chi connectivity index (χ0v) is 20.3. The van der Waals surface area contributed by atoms with Crippen molar-refractivity contribution in [2.24, 2.45) is 5.92 Å². The second-order valence-corrected chi connectivity index (χ2v) is 9.05. The number of carboxylic acid groups (broad SMARTS) is 2. The highest BCUT2D eigenvalue weighted by molar-refractivity contribution is 6.42. The van der Waals surface area contributed by atoms with E-state index in [4.69, 9.17) is 32.7 Å². The van der Waals surface area contributed by atoms with Crippen LogP contribution in [0, 0.1) is 5.92 Å². The van der Waals surface area contributed by atoms with Crippen molar-refractivity contribution in [2.75, 3.05) is 0 Å². The number of carboxylic acids is 2. The molecule has 0 radical (unpaired) electrons. The van der Waals surface area contributed by atoms with Crippen molar-refractivity contribution in [3.05, 3.63) is 76.2 Å². The Morgan fingerprint density at radius 2 is 1.74 bits per heavy atom. The Morgan fingerprint density at radius 1 is 1.03 bits per heavy atom. The number of amides is 1. The molecule has 8 nitrogen and oxygen atoms in total. The molecule has 0 aliphatic heterocycles. The summed E-state index contributed by atoms with van der Waals surface area (Å²) in [5.41, 5.74) is 2.67. The van der Waals surface area contributed by atoms with Crippen LogP contribution in [0.5, 0.6) is 0 Å². The summed E-state index contributed by atoms with van der Waals surface area (Å²) < 4.78 is 5.34. The number of aromatic nitrogens is 1. The lowest BCUT2D eigenvalue weighted by molar-refractivity contribution is -0.149. The van der Waals surface area contributed by atoms with Crippen molar-refractivity contribution in [3.63, 3.8) is 0 Å². The normalized spacial score (nSPS) is 13.6. The zero-order valence-electron chi connectivity index (χ0n) is 18.8. The first-order valence-corrected chi connectivity index (χ1v) is 11.6. The Labute approximate surface area is 211 Å². The molecule has 1 amide bonds. The van der Waals surface area contributed by atoms with Gasteiger partial charge in [-0.3, -0.25) is 14.4 Å². The van der Waals surface area contributed by atoms with Crippen molar-refractivity contribution in [2.45, 2.75) is 38.1 Å². The van der Waals surface area contributed by atoms with Gasteiger partial charge in [-0.2, -0.15) is 0 Å². The lowest BCUT2D eigenvalue weighted by Crippen LogP contribution is -2.39. The molecule has 0 bridgehead atoms. The van der Waals surface area contributed by atoms with Gasteiger partial charge < -0.3 is 19.9 Å². The average molecular weight is 519 g/mol. The zero-order chi connectivity index (χ0) is 25.5. The minimum absolute atomic E-state index is 0.206. The lowest BCUT2D eigenvalue weighted by Gasteiger charge is -2.26. The SMILES string of the molecule is CC(NC(=O)CC(CC(=O)O)C(=O)O)C(Cc1ccc(Cl)c(Cl)c1)c1ccc(-c2cnco2)cc1. The first-order chi connectivity index (χ1) is 16.6. The van der Waals surface area contributed by atoms with E-state index in [1.54, 1.807) is 18.3 Å². The van der Waals surface area contributed by atoms with E-state index in [1.807, 2.05) is 37.3 Å². The molecule has 1 aromatic heterocycles. The highest BCUT2D eigenvalue weighted by Gasteiger charge is 2.27. The summed E-state index contributed by atoms with van der Waals surface area (Å²) in [4.78, 5) is 38.9. The van der Waals surface area contributed by atoms with Crippen LogP contribution in [0.15, 0.2) is 59.5 Å². The molecule has 35 heavy (non-hydrogen) atoms. The molecule has 3 unspecified atom stereocenters. The molecule has 0 spiro atoms. The summed E-state index contributed by atoms with van der Waals surface area (Å²) in [5, 5.41) is 21.9. The van der Waals surface area contributed by atoms with Crippen LogP contribution < -0.4 is 5.32 Å². The van der Waals surface area contributed by atoms with Crippen LogP contribution in [-0.4, -0.2) is 39.1 Å². The van der Waals surface area contributed by atoms with Gasteiger partial charge in [0, 0.05) is 23.9 Å². The summed E-state index contributed by atoms with van der Waals surface area (Å²) in [5.74, 6) is -4.04. The summed E-state index contributed by atoms with van der Waals surface area (Å²) >= 11 is 12.2. The Balaban J connectivity index is 1.82.